The summed E-state index contributed by atoms with van der Waals surface area (Å²) in [5.74, 6) is -0.172. The van der Waals surface area contributed by atoms with Crippen LogP contribution in [0.2, 0.25) is 0 Å². The van der Waals surface area contributed by atoms with Gasteiger partial charge in [0.05, 0.1) is 6.61 Å². The Balaban J connectivity index is 1.69. The van der Waals surface area contributed by atoms with Gasteiger partial charge < -0.3 is 44.2 Å². The maximum Gasteiger partial charge on any atom is 0.229 e. The molecule has 2 aromatic carbocycles. The minimum atomic E-state index is -1.52. The maximum atomic E-state index is 12.6. The van der Waals surface area contributed by atoms with Crippen molar-refractivity contribution < 1.29 is 44.2 Å². The third-order valence-corrected chi connectivity index (χ3v) is 5.28. The molecule has 5 N–H and O–H groups in total. The van der Waals surface area contributed by atoms with Gasteiger partial charge in [0.2, 0.25) is 6.29 Å². The van der Waals surface area contributed by atoms with E-state index in [9.17, 15) is 30.3 Å². The lowest BCUT2D eigenvalue weighted by Crippen LogP contribution is -2.60. The maximum absolute atomic E-state index is 12.6. The highest BCUT2D eigenvalue weighted by atomic mass is 16.7. The van der Waals surface area contributed by atoms with Crippen LogP contribution in [-0.2, 0) is 9.47 Å². The van der Waals surface area contributed by atoms with Crippen LogP contribution in [0.1, 0.15) is 0 Å². The van der Waals surface area contributed by atoms with E-state index in [2.05, 4.69) is 0 Å². The zero-order valence-corrected chi connectivity index (χ0v) is 16.9. The molecule has 32 heavy (non-hydrogen) atoms. The van der Waals surface area contributed by atoms with Crippen LogP contribution in [0.5, 0.6) is 17.2 Å². The Labute approximate surface area is 181 Å². The van der Waals surface area contributed by atoms with E-state index in [1.165, 1.54) is 31.4 Å². The smallest absolute Gasteiger partial charge is 0.229 e. The average molecular weight is 446 g/mol. The highest BCUT2D eigenvalue weighted by Gasteiger charge is 2.45. The van der Waals surface area contributed by atoms with Crippen molar-refractivity contribution in [1.29, 1.82) is 0 Å². The second-order valence-corrected chi connectivity index (χ2v) is 7.36. The molecule has 170 valence electrons. The highest BCUT2D eigenvalue weighted by Crippen LogP contribution is 2.33. The summed E-state index contributed by atoms with van der Waals surface area (Å²) in [6.45, 7) is -0.490. The number of fused-ring (bicyclic) bond motifs is 1. The number of aliphatic hydroxyl groups excluding tert-OH is 3. The number of ether oxygens (including phenoxy) is 3. The van der Waals surface area contributed by atoms with E-state index >= 15 is 0 Å². The van der Waals surface area contributed by atoms with E-state index in [1.807, 2.05) is 0 Å². The standard InChI is InChI=1S/C22H22O10/c1-29-21-17(9-23)32-22(20(28)19(21)27)30-12-6-13(25)18-14(26)8-15(31-16(18)7-12)10-2-4-11(24)5-3-10/h2-8,17,19-25,27-28H,9H2,1H3/t17-,19-,20-,21-,22-/m1/s1. The Morgan fingerprint density at radius 2 is 1.75 bits per heavy atom. The molecule has 10 heteroatoms. The fourth-order valence-electron chi connectivity index (χ4n) is 3.65. The van der Waals surface area contributed by atoms with Gasteiger partial charge in [-0.05, 0) is 24.3 Å². The molecule has 1 aliphatic heterocycles. The summed E-state index contributed by atoms with van der Waals surface area (Å²) in [7, 11) is 1.31. The number of benzene rings is 2. The summed E-state index contributed by atoms with van der Waals surface area (Å²) >= 11 is 0. The first-order valence-corrected chi connectivity index (χ1v) is 9.74. The van der Waals surface area contributed by atoms with E-state index in [0.29, 0.717) is 5.56 Å². The number of rotatable bonds is 5. The molecule has 1 fully saturated rings. The van der Waals surface area contributed by atoms with Crippen LogP contribution in [0, 0.1) is 0 Å². The summed E-state index contributed by atoms with van der Waals surface area (Å²) in [5, 5.41) is 49.8. The Kier molecular flexibility index (Phi) is 6.04. The molecule has 1 aromatic heterocycles. The zero-order valence-electron chi connectivity index (χ0n) is 16.9. The molecule has 0 aliphatic carbocycles. The lowest BCUT2D eigenvalue weighted by molar-refractivity contribution is -0.281. The number of hydrogen-bond donors (Lipinski definition) is 5. The predicted molar refractivity (Wildman–Crippen MR) is 110 cm³/mol. The van der Waals surface area contributed by atoms with Crippen molar-refractivity contribution in [1.82, 2.24) is 0 Å². The van der Waals surface area contributed by atoms with E-state index in [4.69, 9.17) is 18.6 Å². The monoisotopic (exact) mass is 446 g/mol. The Hall–Kier alpha value is -3.15. The largest absolute Gasteiger partial charge is 0.508 e. The number of phenolic OH excluding ortho intramolecular Hbond substituents is 2. The average Bonchev–Trinajstić information content (AvgIpc) is 2.76. The normalized spacial score (nSPS) is 25.7. The molecule has 5 atom stereocenters. The van der Waals surface area contributed by atoms with E-state index in [1.54, 1.807) is 12.1 Å². The molecule has 0 bridgehead atoms. The summed E-state index contributed by atoms with van der Waals surface area (Å²) in [6.07, 6.45) is -6.24. The Bertz CT molecular complexity index is 1150. The van der Waals surface area contributed by atoms with Gasteiger partial charge in [0.25, 0.3) is 0 Å². The van der Waals surface area contributed by atoms with Gasteiger partial charge >= 0.3 is 0 Å². The first kappa shape index (κ1) is 22.1. The first-order chi connectivity index (χ1) is 15.3. The number of hydrogen-bond acceptors (Lipinski definition) is 10. The Morgan fingerprint density at radius 3 is 2.41 bits per heavy atom. The molecule has 0 amide bonds. The van der Waals surface area contributed by atoms with E-state index in [-0.39, 0.29) is 28.2 Å². The van der Waals surface area contributed by atoms with Crippen LogP contribution in [-0.4, -0.2) is 70.0 Å². The molecule has 10 nitrogen and oxygen atoms in total. The number of methoxy groups -OCH3 is 1. The fraction of sp³-hybridized carbons (Fsp3) is 0.318. The molecular weight excluding hydrogens is 424 g/mol. The number of aromatic hydroxyl groups is 2. The van der Waals surface area contributed by atoms with Crippen molar-refractivity contribution in [3.05, 3.63) is 52.7 Å². The van der Waals surface area contributed by atoms with Crippen molar-refractivity contribution in [3.8, 4) is 28.6 Å². The van der Waals surface area contributed by atoms with E-state index in [0.717, 1.165) is 6.07 Å². The molecule has 1 aliphatic rings. The van der Waals surface area contributed by atoms with Crippen molar-refractivity contribution in [3.63, 3.8) is 0 Å². The van der Waals surface area contributed by atoms with E-state index < -0.39 is 48.5 Å². The minimum absolute atomic E-state index is 0.00917. The van der Waals surface area contributed by atoms with Crippen molar-refractivity contribution in [2.45, 2.75) is 30.7 Å². The molecule has 1 saturated heterocycles. The van der Waals surface area contributed by atoms with Crippen molar-refractivity contribution >= 4 is 11.0 Å². The van der Waals surface area contributed by atoms with Crippen LogP contribution in [0.25, 0.3) is 22.3 Å². The zero-order chi connectivity index (χ0) is 23.0. The van der Waals surface area contributed by atoms with Gasteiger partial charge in [-0.1, -0.05) is 0 Å². The molecule has 0 saturated carbocycles. The minimum Gasteiger partial charge on any atom is -0.508 e. The van der Waals surface area contributed by atoms with Crippen LogP contribution < -0.4 is 10.2 Å². The SMILES string of the molecule is CO[C@H]1[C@H](O)[C@@H](O)[C@H](Oc2cc(O)c3c(=O)cc(-c4ccc(O)cc4)oc3c2)O[C@@H]1CO. The Morgan fingerprint density at radius 1 is 1.03 bits per heavy atom. The fourth-order valence-corrected chi connectivity index (χ4v) is 3.65. The first-order valence-electron chi connectivity index (χ1n) is 9.74. The highest BCUT2D eigenvalue weighted by molar-refractivity contribution is 5.86. The van der Waals surface area contributed by atoms with Crippen LogP contribution in [0.3, 0.4) is 0 Å². The second-order valence-electron chi connectivity index (χ2n) is 7.36. The molecular formula is C22H22O10. The molecule has 2 heterocycles. The van der Waals surface area contributed by atoms with Gasteiger partial charge in [-0.2, -0.15) is 0 Å². The molecule has 0 radical (unpaired) electrons. The number of phenols is 2. The quantitative estimate of drug-likeness (QED) is 0.378. The van der Waals surface area contributed by atoms with Gasteiger partial charge in [0.15, 0.2) is 5.43 Å². The van der Waals surface area contributed by atoms with Gasteiger partial charge in [-0.25, -0.2) is 0 Å². The van der Waals surface area contributed by atoms with Gasteiger partial charge in [-0.15, -0.1) is 0 Å². The third-order valence-electron chi connectivity index (χ3n) is 5.28. The topological polar surface area (TPSA) is 159 Å². The second kappa shape index (κ2) is 8.77. The van der Waals surface area contributed by atoms with Crippen molar-refractivity contribution in [2.75, 3.05) is 13.7 Å². The molecule has 0 spiro atoms. The lowest BCUT2D eigenvalue weighted by Gasteiger charge is -2.41. The third kappa shape index (κ3) is 4.01. The van der Waals surface area contributed by atoms with Crippen LogP contribution in [0.15, 0.2) is 51.7 Å². The summed E-state index contributed by atoms with van der Waals surface area (Å²) < 4.78 is 21.9. The molecule has 0 unspecified atom stereocenters. The van der Waals surface area contributed by atoms with Crippen molar-refractivity contribution in [2.24, 2.45) is 0 Å². The van der Waals surface area contributed by atoms with Crippen LogP contribution >= 0.6 is 0 Å². The van der Waals surface area contributed by atoms with Gasteiger partial charge in [0, 0.05) is 30.9 Å². The summed E-state index contributed by atoms with van der Waals surface area (Å²) in [5.41, 5.74) is 0.0408. The molecule has 4 rings (SSSR count). The van der Waals surface area contributed by atoms with Gasteiger partial charge in [0.1, 0.15) is 58.4 Å². The van der Waals surface area contributed by atoms with Gasteiger partial charge in [-0.3, -0.25) is 4.79 Å². The summed E-state index contributed by atoms with van der Waals surface area (Å²) in [4.78, 5) is 12.6. The summed E-state index contributed by atoms with van der Waals surface area (Å²) in [6, 6.07) is 9.71. The number of aliphatic hydroxyl groups is 3. The molecule has 3 aromatic rings. The lowest BCUT2D eigenvalue weighted by atomic mass is 9.99. The van der Waals surface area contributed by atoms with Crippen LogP contribution in [0.4, 0.5) is 0 Å². The predicted octanol–water partition coefficient (Wildman–Crippen LogP) is 0.704.